The lowest BCUT2D eigenvalue weighted by Crippen LogP contribution is -2.27. The van der Waals surface area contributed by atoms with Crippen LogP contribution in [0.2, 0.25) is 0 Å². The Balaban J connectivity index is 0.000000186. The van der Waals surface area contributed by atoms with Crippen LogP contribution in [0, 0.1) is 0 Å². The van der Waals surface area contributed by atoms with Gasteiger partial charge in [-0.05, 0) is 91.5 Å². The maximum absolute atomic E-state index is 11.8. The number of furan rings is 1. The van der Waals surface area contributed by atoms with Crippen LogP contribution in [-0.4, -0.2) is 33.3 Å². The van der Waals surface area contributed by atoms with Crippen LogP contribution in [0.15, 0.2) is 41.1 Å². The predicted octanol–water partition coefficient (Wildman–Crippen LogP) is 5.28. The molecule has 0 aliphatic heterocycles. The highest BCUT2D eigenvalue weighted by molar-refractivity contribution is 5.73. The van der Waals surface area contributed by atoms with Crippen molar-refractivity contribution in [3.63, 3.8) is 0 Å². The van der Waals surface area contributed by atoms with Gasteiger partial charge in [-0.25, -0.2) is 0 Å². The first-order chi connectivity index (χ1) is 15.3. The molecular weight excluding hydrogens is 420 g/mol. The molecule has 2 aliphatic carbocycles. The zero-order chi connectivity index (χ0) is 24.3. The van der Waals surface area contributed by atoms with Crippen molar-refractivity contribution in [1.82, 2.24) is 10.2 Å². The van der Waals surface area contributed by atoms with Gasteiger partial charge in [-0.1, -0.05) is 0 Å². The molecule has 2 heterocycles. The van der Waals surface area contributed by atoms with E-state index >= 15 is 0 Å². The Kier molecular flexibility index (Phi) is 7.01. The summed E-state index contributed by atoms with van der Waals surface area (Å²) in [7, 11) is 0. The van der Waals surface area contributed by atoms with Gasteiger partial charge in [0.15, 0.2) is 0 Å². The summed E-state index contributed by atoms with van der Waals surface area (Å²) >= 11 is 0. The molecule has 33 heavy (non-hydrogen) atoms. The van der Waals surface area contributed by atoms with E-state index in [9.17, 15) is 9.59 Å². The lowest BCUT2D eigenvalue weighted by atomic mass is 9.98. The Morgan fingerprint density at radius 2 is 1.42 bits per heavy atom. The highest BCUT2D eigenvalue weighted by Gasteiger charge is 2.49. The van der Waals surface area contributed by atoms with Gasteiger partial charge in [0.2, 0.25) is 0 Å². The van der Waals surface area contributed by atoms with Crippen LogP contribution in [0.1, 0.15) is 91.5 Å². The number of hydrogen-bond donors (Lipinski definition) is 0. The van der Waals surface area contributed by atoms with Crippen LogP contribution < -0.4 is 0 Å². The molecule has 2 aromatic rings. The van der Waals surface area contributed by atoms with E-state index in [-0.39, 0.29) is 22.8 Å². The lowest BCUT2D eigenvalue weighted by molar-refractivity contribution is -0.156. The highest BCUT2D eigenvalue weighted by atomic mass is 16.6. The molecule has 2 aliphatic rings. The number of carbonyl (C=O) groups excluding carboxylic acids is 2. The Bertz CT molecular complexity index is 931. The zero-order valence-corrected chi connectivity index (χ0v) is 20.6. The molecule has 2 aromatic heterocycles. The molecule has 7 nitrogen and oxygen atoms in total. The SMILES string of the molecule is CC(C)(C)OC(=O)CC1(c2cccnn2)CC1.CC(C)(C)OC(=O)CC1(c2ccco2)CC1. The number of carbonyl (C=O) groups is 2. The van der Waals surface area contributed by atoms with Gasteiger partial charge in [-0.2, -0.15) is 10.2 Å². The van der Waals surface area contributed by atoms with Crippen LogP contribution in [0.4, 0.5) is 0 Å². The average Bonchev–Trinajstić information content (AvgIpc) is 3.58. The third-order valence-corrected chi connectivity index (χ3v) is 5.67. The normalized spacial score (nSPS) is 17.9. The topological polar surface area (TPSA) is 91.5 Å². The lowest BCUT2D eigenvalue weighted by Gasteiger charge is -2.21. The molecule has 0 aromatic carbocycles. The smallest absolute Gasteiger partial charge is 0.307 e. The average molecular weight is 457 g/mol. The van der Waals surface area contributed by atoms with Crippen LogP contribution in [0.3, 0.4) is 0 Å². The molecule has 0 spiro atoms. The van der Waals surface area contributed by atoms with Crippen molar-refractivity contribution in [2.75, 3.05) is 0 Å². The van der Waals surface area contributed by atoms with Crippen molar-refractivity contribution < 1.29 is 23.5 Å². The monoisotopic (exact) mass is 456 g/mol. The molecule has 0 saturated heterocycles. The first kappa shape index (κ1) is 24.9. The molecule has 4 rings (SSSR count). The molecule has 180 valence electrons. The molecule has 7 heteroatoms. The maximum atomic E-state index is 11.8. The summed E-state index contributed by atoms with van der Waals surface area (Å²) < 4.78 is 16.1. The van der Waals surface area contributed by atoms with Gasteiger partial charge in [-0.15, -0.1) is 0 Å². The minimum Gasteiger partial charge on any atom is -0.469 e. The number of rotatable bonds is 6. The summed E-state index contributed by atoms with van der Waals surface area (Å²) in [6.07, 6.45) is 8.15. The fourth-order valence-electron chi connectivity index (χ4n) is 3.81. The molecule has 0 N–H and O–H groups in total. The Morgan fingerprint density at radius 1 is 0.879 bits per heavy atom. The van der Waals surface area contributed by atoms with Crippen molar-refractivity contribution in [1.29, 1.82) is 0 Å². The quantitative estimate of drug-likeness (QED) is 0.546. The van der Waals surface area contributed by atoms with Crippen LogP contribution in [-0.2, 0) is 29.9 Å². The van der Waals surface area contributed by atoms with Gasteiger partial charge < -0.3 is 13.9 Å². The second kappa shape index (κ2) is 9.27. The fourth-order valence-corrected chi connectivity index (χ4v) is 3.81. The van der Waals surface area contributed by atoms with E-state index < -0.39 is 11.2 Å². The third kappa shape index (κ3) is 7.41. The van der Waals surface area contributed by atoms with Crippen molar-refractivity contribution >= 4 is 11.9 Å². The van der Waals surface area contributed by atoms with Crippen LogP contribution >= 0.6 is 0 Å². The molecule has 0 radical (unpaired) electrons. The van der Waals surface area contributed by atoms with Gasteiger partial charge >= 0.3 is 11.9 Å². The van der Waals surface area contributed by atoms with Crippen LogP contribution in [0.5, 0.6) is 0 Å². The number of esters is 2. The third-order valence-electron chi connectivity index (χ3n) is 5.67. The van der Waals surface area contributed by atoms with E-state index in [1.165, 1.54) is 0 Å². The van der Waals surface area contributed by atoms with Gasteiger partial charge in [0.1, 0.15) is 17.0 Å². The second-order valence-corrected chi connectivity index (χ2v) is 11.2. The van der Waals surface area contributed by atoms with Gasteiger partial charge in [-0.3, -0.25) is 9.59 Å². The molecule has 0 atom stereocenters. The molecule has 0 bridgehead atoms. The van der Waals surface area contributed by atoms with Crippen LogP contribution in [0.25, 0.3) is 0 Å². The molecular formula is C26H36N2O5. The van der Waals surface area contributed by atoms with E-state index in [1.807, 2.05) is 65.8 Å². The number of nitrogens with zero attached hydrogens (tertiary/aromatic N) is 2. The fraction of sp³-hybridized carbons (Fsp3) is 0.615. The first-order valence-corrected chi connectivity index (χ1v) is 11.6. The van der Waals surface area contributed by atoms with Crippen molar-refractivity contribution in [2.45, 2.75) is 102 Å². The Hall–Kier alpha value is -2.70. The maximum Gasteiger partial charge on any atom is 0.307 e. The highest BCUT2D eigenvalue weighted by Crippen LogP contribution is 2.51. The number of aromatic nitrogens is 2. The summed E-state index contributed by atoms with van der Waals surface area (Å²) in [6.45, 7) is 11.3. The number of hydrogen-bond acceptors (Lipinski definition) is 7. The summed E-state index contributed by atoms with van der Waals surface area (Å²) in [4.78, 5) is 23.6. The number of ether oxygens (including phenoxy) is 2. The van der Waals surface area contributed by atoms with E-state index in [2.05, 4.69) is 10.2 Å². The van der Waals surface area contributed by atoms with Crippen molar-refractivity contribution in [3.05, 3.63) is 48.2 Å². The van der Waals surface area contributed by atoms with E-state index in [4.69, 9.17) is 13.9 Å². The van der Waals surface area contributed by atoms with Gasteiger partial charge in [0, 0.05) is 17.0 Å². The Labute approximate surface area is 196 Å². The minimum absolute atomic E-state index is 0.0775. The summed E-state index contributed by atoms with van der Waals surface area (Å²) in [6, 6.07) is 7.60. The van der Waals surface area contributed by atoms with E-state index in [0.717, 1.165) is 37.1 Å². The van der Waals surface area contributed by atoms with Crippen molar-refractivity contribution in [2.24, 2.45) is 0 Å². The Morgan fingerprint density at radius 3 is 1.82 bits per heavy atom. The second-order valence-electron chi connectivity index (χ2n) is 11.2. The molecule has 0 unspecified atom stereocenters. The minimum atomic E-state index is -0.421. The van der Waals surface area contributed by atoms with E-state index in [0.29, 0.717) is 12.8 Å². The largest absolute Gasteiger partial charge is 0.469 e. The van der Waals surface area contributed by atoms with Gasteiger partial charge in [0.25, 0.3) is 0 Å². The molecule has 2 saturated carbocycles. The summed E-state index contributed by atoms with van der Waals surface area (Å²) in [5.41, 5.74) is -0.111. The van der Waals surface area contributed by atoms with Gasteiger partial charge in [0.05, 0.1) is 24.8 Å². The summed E-state index contributed by atoms with van der Waals surface area (Å²) in [5.74, 6) is 0.625. The summed E-state index contributed by atoms with van der Waals surface area (Å²) in [5, 5.41) is 7.98. The predicted molar refractivity (Wildman–Crippen MR) is 123 cm³/mol. The zero-order valence-electron chi connectivity index (χ0n) is 20.6. The molecule has 0 amide bonds. The molecule has 2 fully saturated rings. The van der Waals surface area contributed by atoms with E-state index in [1.54, 1.807) is 12.5 Å². The first-order valence-electron chi connectivity index (χ1n) is 11.6. The standard InChI is InChI=1S/C13H18N2O2.C13H18O3/c1-12(2,3)17-11(16)9-13(6-7-13)10-5-4-8-14-15-10;1-12(2,3)16-11(14)9-13(6-7-13)10-5-4-8-15-10/h4-5,8H,6-7,9H2,1-3H3;4-5,8H,6-7,9H2,1-3H3. The van der Waals surface area contributed by atoms with Crippen molar-refractivity contribution in [3.8, 4) is 0 Å².